The van der Waals surface area contributed by atoms with Crippen molar-refractivity contribution >= 4 is 0 Å². The highest BCUT2D eigenvalue weighted by Gasteiger charge is 2.28. The molecule has 0 amide bonds. The number of alkyl halides is 1. The molecule has 0 heterocycles. The minimum Gasteiger partial charge on any atom is -0.275 e. The van der Waals surface area contributed by atoms with Crippen LogP contribution in [0.2, 0.25) is 0 Å². The first-order chi connectivity index (χ1) is 4.60. The van der Waals surface area contributed by atoms with Gasteiger partial charge < -0.3 is 0 Å². The standard InChI is InChI=1S/C8H18FN/c1-5-8(9,6-2)10(4)7-3/h5-7H2,1-4H3. The van der Waals surface area contributed by atoms with Crippen LogP contribution in [0.3, 0.4) is 0 Å². The Labute approximate surface area is 63.2 Å². The molecule has 0 aromatic rings. The molecule has 0 aromatic carbocycles. The molecule has 0 fully saturated rings. The number of rotatable bonds is 4. The van der Waals surface area contributed by atoms with Gasteiger partial charge in [0.25, 0.3) is 0 Å². The molecule has 0 saturated carbocycles. The smallest absolute Gasteiger partial charge is 0.163 e. The molecule has 10 heavy (non-hydrogen) atoms. The summed E-state index contributed by atoms with van der Waals surface area (Å²) in [6.07, 6.45) is 1.15. The predicted octanol–water partition coefficient (Wildman–Crippen LogP) is 2.42. The summed E-state index contributed by atoms with van der Waals surface area (Å²) in [5.74, 6) is -1.07. The van der Waals surface area contributed by atoms with Crippen molar-refractivity contribution in [3.8, 4) is 0 Å². The molecule has 0 saturated heterocycles. The van der Waals surface area contributed by atoms with Crippen molar-refractivity contribution in [3.63, 3.8) is 0 Å². The van der Waals surface area contributed by atoms with Crippen molar-refractivity contribution in [1.29, 1.82) is 0 Å². The van der Waals surface area contributed by atoms with Gasteiger partial charge in [-0.05, 0) is 26.4 Å². The molecule has 0 unspecified atom stereocenters. The Balaban J connectivity index is 4.02. The average molecular weight is 147 g/mol. The van der Waals surface area contributed by atoms with Crippen LogP contribution in [0.5, 0.6) is 0 Å². The molecule has 0 aliphatic heterocycles. The van der Waals surface area contributed by atoms with Crippen LogP contribution in [-0.4, -0.2) is 24.3 Å². The summed E-state index contributed by atoms with van der Waals surface area (Å²) in [7, 11) is 1.83. The number of nitrogens with zero attached hydrogens (tertiary/aromatic N) is 1. The number of hydrogen-bond acceptors (Lipinski definition) is 1. The van der Waals surface area contributed by atoms with E-state index in [4.69, 9.17) is 0 Å². The van der Waals surface area contributed by atoms with E-state index in [1.807, 2.05) is 27.8 Å². The van der Waals surface area contributed by atoms with Crippen LogP contribution in [-0.2, 0) is 0 Å². The Hall–Kier alpha value is -0.110. The van der Waals surface area contributed by atoms with E-state index in [2.05, 4.69) is 0 Å². The summed E-state index contributed by atoms with van der Waals surface area (Å²) in [4.78, 5) is 1.76. The molecule has 0 bridgehead atoms. The average Bonchev–Trinajstić information content (AvgIpc) is 2.01. The lowest BCUT2D eigenvalue weighted by Crippen LogP contribution is -2.41. The van der Waals surface area contributed by atoms with Crippen LogP contribution < -0.4 is 0 Å². The molecule has 0 radical (unpaired) electrons. The fourth-order valence-electron chi connectivity index (χ4n) is 1.07. The van der Waals surface area contributed by atoms with Crippen molar-refractivity contribution < 1.29 is 4.39 Å². The summed E-state index contributed by atoms with van der Waals surface area (Å²) < 4.78 is 13.6. The van der Waals surface area contributed by atoms with Crippen LogP contribution in [0.25, 0.3) is 0 Å². The summed E-state index contributed by atoms with van der Waals surface area (Å²) in [5, 5.41) is 0. The highest BCUT2D eigenvalue weighted by molar-refractivity contribution is 4.73. The SMILES string of the molecule is CCN(C)C(F)(CC)CC. The lowest BCUT2D eigenvalue weighted by atomic mass is 10.1. The van der Waals surface area contributed by atoms with E-state index in [1.54, 1.807) is 4.90 Å². The van der Waals surface area contributed by atoms with E-state index >= 15 is 0 Å². The van der Waals surface area contributed by atoms with Crippen LogP contribution in [0.4, 0.5) is 4.39 Å². The van der Waals surface area contributed by atoms with E-state index in [0.29, 0.717) is 12.8 Å². The van der Waals surface area contributed by atoms with Crippen molar-refractivity contribution in [2.24, 2.45) is 0 Å². The van der Waals surface area contributed by atoms with Crippen molar-refractivity contribution in [1.82, 2.24) is 4.90 Å². The monoisotopic (exact) mass is 147 g/mol. The van der Waals surface area contributed by atoms with E-state index in [9.17, 15) is 4.39 Å². The van der Waals surface area contributed by atoms with E-state index in [-0.39, 0.29) is 0 Å². The van der Waals surface area contributed by atoms with Crippen LogP contribution >= 0.6 is 0 Å². The van der Waals surface area contributed by atoms with Gasteiger partial charge in [0.2, 0.25) is 0 Å². The largest absolute Gasteiger partial charge is 0.275 e. The third kappa shape index (κ3) is 1.94. The highest BCUT2D eigenvalue weighted by Crippen LogP contribution is 2.23. The quantitative estimate of drug-likeness (QED) is 0.552. The van der Waals surface area contributed by atoms with Gasteiger partial charge in [0.15, 0.2) is 5.79 Å². The summed E-state index contributed by atoms with van der Waals surface area (Å²) >= 11 is 0. The van der Waals surface area contributed by atoms with Gasteiger partial charge in [-0.15, -0.1) is 0 Å². The molecule has 0 rings (SSSR count). The Morgan fingerprint density at radius 3 is 1.70 bits per heavy atom. The molecule has 0 N–H and O–H groups in total. The van der Waals surface area contributed by atoms with Gasteiger partial charge in [0, 0.05) is 0 Å². The number of hydrogen-bond donors (Lipinski definition) is 0. The normalized spacial score (nSPS) is 12.6. The van der Waals surface area contributed by atoms with Gasteiger partial charge in [-0.3, -0.25) is 4.90 Å². The van der Waals surface area contributed by atoms with Gasteiger partial charge >= 0.3 is 0 Å². The molecular formula is C8H18FN. The second kappa shape index (κ2) is 3.91. The van der Waals surface area contributed by atoms with Gasteiger partial charge in [-0.2, -0.15) is 0 Å². The third-order valence-corrected chi connectivity index (χ3v) is 2.24. The van der Waals surface area contributed by atoms with Crippen molar-refractivity contribution in [3.05, 3.63) is 0 Å². The van der Waals surface area contributed by atoms with Gasteiger partial charge in [-0.25, -0.2) is 4.39 Å². The predicted molar refractivity (Wildman–Crippen MR) is 42.7 cm³/mol. The first kappa shape index (κ1) is 9.89. The Morgan fingerprint density at radius 1 is 1.20 bits per heavy atom. The Kier molecular flexibility index (Phi) is 3.87. The van der Waals surface area contributed by atoms with Crippen LogP contribution in [0, 0.1) is 0 Å². The molecule has 62 valence electrons. The zero-order chi connectivity index (χ0) is 8.20. The van der Waals surface area contributed by atoms with Gasteiger partial charge in [-0.1, -0.05) is 20.8 Å². The Bertz CT molecular complexity index is 89.3. The number of halogens is 1. The molecular weight excluding hydrogens is 129 g/mol. The maximum atomic E-state index is 13.6. The maximum absolute atomic E-state index is 13.6. The fourth-order valence-corrected chi connectivity index (χ4v) is 1.07. The molecule has 0 spiro atoms. The van der Waals surface area contributed by atoms with Crippen LogP contribution in [0.15, 0.2) is 0 Å². The zero-order valence-electron chi connectivity index (χ0n) is 7.45. The van der Waals surface area contributed by atoms with Crippen LogP contribution in [0.1, 0.15) is 33.6 Å². The van der Waals surface area contributed by atoms with Gasteiger partial charge in [0.1, 0.15) is 0 Å². The molecule has 0 aliphatic carbocycles. The lowest BCUT2D eigenvalue weighted by Gasteiger charge is -2.32. The molecule has 1 nitrogen and oxygen atoms in total. The molecule has 0 atom stereocenters. The lowest BCUT2D eigenvalue weighted by molar-refractivity contribution is -0.0198. The topological polar surface area (TPSA) is 3.24 Å². The second-order valence-electron chi connectivity index (χ2n) is 2.64. The third-order valence-electron chi connectivity index (χ3n) is 2.24. The first-order valence-corrected chi connectivity index (χ1v) is 4.00. The summed E-state index contributed by atoms with van der Waals surface area (Å²) in [6, 6.07) is 0. The molecule has 0 aliphatic rings. The minimum absolute atomic E-state index is 0.577. The molecule has 0 aromatic heterocycles. The van der Waals surface area contributed by atoms with E-state index in [1.165, 1.54) is 0 Å². The minimum atomic E-state index is -1.07. The van der Waals surface area contributed by atoms with E-state index < -0.39 is 5.79 Å². The Morgan fingerprint density at radius 2 is 1.60 bits per heavy atom. The van der Waals surface area contributed by atoms with E-state index in [0.717, 1.165) is 6.54 Å². The highest BCUT2D eigenvalue weighted by atomic mass is 19.1. The summed E-state index contributed by atoms with van der Waals surface area (Å²) in [5.41, 5.74) is 0. The maximum Gasteiger partial charge on any atom is 0.163 e. The van der Waals surface area contributed by atoms with Crippen molar-refractivity contribution in [2.75, 3.05) is 13.6 Å². The molecule has 2 heteroatoms. The fraction of sp³-hybridized carbons (Fsp3) is 1.00. The summed E-state index contributed by atoms with van der Waals surface area (Å²) in [6.45, 7) is 6.52. The van der Waals surface area contributed by atoms with Crippen molar-refractivity contribution in [2.45, 2.75) is 39.4 Å². The first-order valence-electron chi connectivity index (χ1n) is 4.00. The zero-order valence-corrected chi connectivity index (χ0v) is 7.45. The van der Waals surface area contributed by atoms with Gasteiger partial charge in [0.05, 0.1) is 0 Å². The second-order valence-corrected chi connectivity index (χ2v) is 2.64.